The third kappa shape index (κ3) is 3.32. The summed E-state index contributed by atoms with van der Waals surface area (Å²) in [5.74, 6) is 0. The van der Waals surface area contributed by atoms with Gasteiger partial charge in [0.2, 0.25) is 0 Å². The lowest BCUT2D eigenvalue weighted by atomic mass is 9.98. The molecular weight excluding hydrogens is 317 g/mol. The molecule has 0 aliphatic rings. The maximum absolute atomic E-state index is 10.6. The molecule has 0 fully saturated rings. The fourth-order valence-electron chi connectivity index (χ4n) is 2.02. The van der Waals surface area contributed by atoms with Crippen LogP contribution in [0.3, 0.4) is 0 Å². The van der Waals surface area contributed by atoms with Gasteiger partial charge in [0.1, 0.15) is 11.3 Å². The molecule has 1 unspecified atom stereocenters. The van der Waals surface area contributed by atoms with Crippen LogP contribution in [0.15, 0.2) is 18.3 Å². The number of rotatable bonds is 5. The molecule has 0 bridgehead atoms. The molecule has 0 spiro atoms. The van der Waals surface area contributed by atoms with Crippen molar-refractivity contribution in [2.75, 3.05) is 6.61 Å². The monoisotopic (exact) mass is 331 g/mol. The number of halogens is 2. The van der Waals surface area contributed by atoms with Gasteiger partial charge in [-0.1, -0.05) is 30.1 Å². The van der Waals surface area contributed by atoms with Crippen LogP contribution in [-0.4, -0.2) is 21.8 Å². The van der Waals surface area contributed by atoms with E-state index in [9.17, 15) is 5.11 Å². The third-order valence-electron chi connectivity index (χ3n) is 3.07. The highest BCUT2D eigenvalue weighted by atomic mass is 35.5. The average Bonchev–Trinajstić information content (AvgIpc) is 2.81. The summed E-state index contributed by atoms with van der Waals surface area (Å²) in [4.78, 5) is 5.11. The van der Waals surface area contributed by atoms with E-state index >= 15 is 0 Å². The molecule has 2 rings (SSSR count). The van der Waals surface area contributed by atoms with E-state index in [1.165, 1.54) is 11.3 Å². The molecule has 2 N–H and O–H groups in total. The van der Waals surface area contributed by atoms with Crippen molar-refractivity contribution >= 4 is 34.5 Å². The summed E-state index contributed by atoms with van der Waals surface area (Å²) in [6.07, 6.45) is 2.01. The zero-order chi connectivity index (χ0) is 14.7. The van der Waals surface area contributed by atoms with Gasteiger partial charge in [-0.25, -0.2) is 4.98 Å². The first-order valence-corrected chi connectivity index (χ1v) is 7.85. The minimum absolute atomic E-state index is 0.0133. The molecule has 108 valence electrons. The van der Waals surface area contributed by atoms with Gasteiger partial charge in [0.05, 0.1) is 4.34 Å². The number of pyridine rings is 1. The molecule has 0 saturated heterocycles. The highest BCUT2D eigenvalue weighted by molar-refractivity contribution is 7.16. The van der Waals surface area contributed by atoms with Crippen molar-refractivity contribution in [3.05, 3.63) is 49.4 Å². The maximum Gasteiger partial charge on any atom is 0.129 e. The number of aryl methyl sites for hydroxylation is 1. The Balaban J connectivity index is 2.43. The second-order valence-electron chi connectivity index (χ2n) is 4.38. The van der Waals surface area contributed by atoms with E-state index in [0.29, 0.717) is 27.0 Å². The summed E-state index contributed by atoms with van der Waals surface area (Å²) in [6.45, 7) is 2.03. The number of aromatic nitrogens is 1. The maximum atomic E-state index is 10.6. The lowest BCUT2D eigenvalue weighted by molar-refractivity contribution is 0.218. The van der Waals surface area contributed by atoms with Crippen molar-refractivity contribution < 1.29 is 10.2 Å². The lowest BCUT2D eigenvalue weighted by Crippen LogP contribution is -2.06. The van der Waals surface area contributed by atoms with Crippen molar-refractivity contribution in [2.24, 2.45) is 0 Å². The first-order chi connectivity index (χ1) is 9.56. The van der Waals surface area contributed by atoms with Gasteiger partial charge in [0.25, 0.3) is 0 Å². The van der Waals surface area contributed by atoms with Gasteiger partial charge in [0, 0.05) is 23.2 Å². The Kier molecular flexibility index (Phi) is 5.41. The van der Waals surface area contributed by atoms with E-state index in [4.69, 9.17) is 28.3 Å². The molecule has 6 heteroatoms. The van der Waals surface area contributed by atoms with E-state index in [1.807, 2.05) is 13.0 Å². The van der Waals surface area contributed by atoms with Crippen LogP contribution in [0.1, 0.15) is 34.6 Å². The van der Waals surface area contributed by atoms with Crippen LogP contribution in [0.5, 0.6) is 0 Å². The Morgan fingerprint density at radius 2 is 2.05 bits per heavy atom. The molecule has 2 aromatic rings. The van der Waals surface area contributed by atoms with Crippen LogP contribution in [-0.2, 0) is 12.8 Å². The van der Waals surface area contributed by atoms with Gasteiger partial charge < -0.3 is 10.2 Å². The van der Waals surface area contributed by atoms with Crippen LogP contribution in [0.2, 0.25) is 9.49 Å². The molecule has 0 radical (unpaired) electrons. The summed E-state index contributed by atoms with van der Waals surface area (Å²) >= 11 is 13.6. The standard InChI is InChI=1S/C14H15Cl2NO2S/c1-2-9-5-11(14(16)20-9)13(19)10-6-12(15)17-7-8(10)3-4-18/h5-7,13,18-19H,2-4H2,1H3. The molecule has 0 aromatic carbocycles. The highest BCUT2D eigenvalue weighted by Crippen LogP contribution is 2.36. The second kappa shape index (κ2) is 6.87. The molecule has 20 heavy (non-hydrogen) atoms. The minimum atomic E-state index is -0.860. The van der Waals surface area contributed by atoms with E-state index in [2.05, 4.69) is 4.98 Å². The minimum Gasteiger partial charge on any atom is -0.396 e. The van der Waals surface area contributed by atoms with E-state index in [-0.39, 0.29) is 6.61 Å². The fourth-order valence-corrected chi connectivity index (χ4v) is 3.49. The normalized spacial score (nSPS) is 12.7. The summed E-state index contributed by atoms with van der Waals surface area (Å²) in [6, 6.07) is 3.53. The predicted octanol–water partition coefficient (Wildman–Crippen LogP) is 3.63. The Hall–Kier alpha value is -0.650. The van der Waals surface area contributed by atoms with E-state index in [1.54, 1.807) is 12.3 Å². The molecule has 0 aliphatic carbocycles. The lowest BCUT2D eigenvalue weighted by Gasteiger charge is -2.15. The fraction of sp³-hybridized carbons (Fsp3) is 0.357. The second-order valence-corrected chi connectivity index (χ2v) is 6.50. The van der Waals surface area contributed by atoms with Gasteiger partial charge >= 0.3 is 0 Å². The summed E-state index contributed by atoms with van der Waals surface area (Å²) in [5, 5.41) is 20.0. The van der Waals surface area contributed by atoms with Crippen LogP contribution >= 0.6 is 34.5 Å². The Morgan fingerprint density at radius 1 is 1.30 bits per heavy atom. The van der Waals surface area contributed by atoms with Crippen molar-refractivity contribution in [3.63, 3.8) is 0 Å². The van der Waals surface area contributed by atoms with Crippen LogP contribution in [0.4, 0.5) is 0 Å². The van der Waals surface area contributed by atoms with Crippen LogP contribution in [0, 0.1) is 0 Å². The Labute approximate surface area is 131 Å². The Morgan fingerprint density at radius 3 is 2.65 bits per heavy atom. The molecule has 0 amide bonds. The van der Waals surface area contributed by atoms with E-state index in [0.717, 1.165) is 16.9 Å². The van der Waals surface area contributed by atoms with Gasteiger partial charge in [-0.15, -0.1) is 11.3 Å². The number of hydrogen-bond donors (Lipinski definition) is 2. The smallest absolute Gasteiger partial charge is 0.129 e. The molecule has 0 saturated carbocycles. The molecule has 1 atom stereocenters. The summed E-state index contributed by atoms with van der Waals surface area (Å²) in [5.41, 5.74) is 2.08. The molecule has 2 heterocycles. The number of nitrogens with zero attached hydrogens (tertiary/aromatic N) is 1. The first-order valence-electron chi connectivity index (χ1n) is 6.28. The van der Waals surface area contributed by atoms with Gasteiger partial charge in [-0.3, -0.25) is 0 Å². The molecule has 3 nitrogen and oxygen atoms in total. The van der Waals surface area contributed by atoms with Crippen LogP contribution < -0.4 is 0 Å². The number of aliphatic hydroxyl groups is 2. The number of thiophene rings is 1. The van der Waals surface area contributed by atoms with Crippen molar-refractivity contribution in [3.8, 4) is 0 Å². The van der Waals surface area contributed by atoms with Gasteiger partial charge in [-0.2, -0.15) is 0 Å². The average molecular weight is 332 g/mol. The topological polar surface area (TPSA) is 53.4 Å². The SMILES string of the molecule is CCc1cc(C(O)c2cc(Cl)ncc2CCO)c(Cl)s1. The summed E-state index contributed by atoms with van der Waals surface area (Å²) in [7, 11) is 0. The van der Waals surface area contributed by atoms with Crippen molar-refractivity contribution in [1.29, 1.82) is 0 Å². The molecular formula is C14H15Cl2NO2S. The zero-order valence-electron chi connectivity index (χ0n) is 10.9. The zero-order valence-corrected chi connectivity index (χ0v) is 13.3. The quantitative estimate of drug-likeness (QED) is 0.822. The molecule has 0 aliphatic heterocycles. The van der Waals surface area contributed by atoms with Crippen LogP contribution in [0.25, 0.3) is 0 Å². The van der Waals surface area contributed by atoms with Crippen molar-refractivity contribution in [2.45, 2.75) is 25.9 Å². The molecule has 2 aromatic heterocycles. The van der Waals surface area contributed by atoms with Gasteiger partial charge in [0.15, 0.2) is 0 Å². The predicted molar refractivity (Wildman–Crippen MR) is 82.8 cm³/mol. The summed E-state index contributed by atoms with van der Waals surface area (Å²) < 4.78 is 0.581. The van der Waals surface area contributed by atoms with E-state index < -0.39 is 6.10 Å². The van der Waals surface area contributed by atoms with Gasteiger partial charge in [-0.05, 0) is 36.1 Å². The number of hydrogen-bond acceptors (Lipinski definition) is 4. The third-order valence-corrected chi connectivity index (χ3v) is 4.81. The first kappa shape index (κ1) is 15.7. The highest BCUT2D eigenvalue weighted by Gasteiger charge is 2.20. The van der Waals surface area contributed by atoms with Crippen molar-refractivity contribution in [1.82, 2.24) is 4.98 Å². The number of aliphatic hydroxyl groups excluding tert-OH is 2. The Bertz CT molecular complexity index is 601. The largest absolute Gasteiger partial charge is 0.396 e.